The first-order chi connectivity index (χ1) is 13.1. The largest absolute Gasteiger partial charge is 0.492 e. The summed E-state index contributed by atoms with van der Waals surface area (Å²) in [7, 11) is 1.69. The Hall–Kier alpha value is -2.73. The molecule has 0 aliphatic heterocycles. The van der Waals surface area contributed by atoms with Gasteiger partial charge in [-0.2, -0.15) is 0 Å². The van der Waals surface area contributed by atoms with E-state index in [1.807, 2.05) is 20.8 Å². The van der Waals surface area contributed by atoms with Gasteiger partial charge in [-0.25, -0.2) is 4.79 Å². The number of benzene rings is 2. The summed E-state index contributed by atoms with van der Waals surface area (Å²) in [5.41, 5.74) is 0.848. The van der Waals surface area contributed by atoms with Crippen LogP contribution in [0.3, 0.4) is 0 Å². The topological polar surface area (TPSA) is 70.7 Å². The highest BCUT2D eigenvalue weighted by molar-refractivity contribution is 6.30. The Balaban J connectivity index is 1.81. The lowest BCUT2D eigenvalue weighted by Crippen LogP contribution is -2.40. The first kappa shape index (κ1) is 21.6. The van der Waals surface area contributed by atoms with Gasteiger partial charge in [0.15, 0.2) is 0 Å². The van der Waals surface area contributed by atoms with Crippen LogP contribution in [0, 0.1) is 0 Å². The summed E-state index contributed by atoms with van der Waals surface area (Å²) in [4.78, 5) is 25.9. The van der Waals surface area contributed by atoms with Crippen molar-refractivity contribution in [3.05, 3.63) is 59.1 Å². The molecule has 2 aromatic carbocycles. The fourth-order valence-corrected chi connectivity index (χ4v) is 2.40. The van der Waals surface area contributed by atoms with E-state index in [0.29, 0.717) is 35.2 Å². The van der Waals surface area contributed by atoms with Gasteiger partial charge in [-0.05, 0) is 69.3 Å². The van der Waals surface area contributed by atoms with Crippen LogP contribution in [0.4, 0.5) is 10.5 Å². The first-order valence-corrected chi connectivity index (χ1v) is 9.35. The van der Waals surface area contributed by atoms with E-state index in [9.17, 15) is 9.59 Å². The van der Waals surface area contributed by atoms with E-state index in [4.69, 9.17) is 16.3 Å². The smallest absolute Gasteiger partial charge is 0.321 e. The van der Waals surface area contributed by atoms with E-state index in [-0.39, 0.29) is 17.5 Å². The van der Waals surface area contributed by atoms with Gasteiger partial charge in [-0.3, -0.25) is 4.79 Å². The number of nitrogens with zero attached hydrogens (tertiary/aromatic N) is 1. The standard InChI is InChI=1S/C21H26ClN3O3/c1-21(2,3)24-19(26)15-5-9-17(10-6-15)23-20(27)25(4)13-14-28-18-11-7-16(22)8-12-18/h5-12H,13-14H2,1-4H3,(H,23,27)(H,24,26). The van der Waals surface area contributed by atoms with Gasteiger partial charge in [0.25, 0.3) is 5.91 Å². The Morgan fingerprint density at radius 3 is 2.21 bits per heavy atom. The molecule has 0 saturated carbocycles. The molecular formula is C21H26ClN3O3. The number of carbonyl (C=O) groups is 2. The second kappa shape index (κ2) is 9.46. The zero-order valence-electron chi connectivity index (χ0n) is 16.6. The second-order valence-corrected chi connectivity index (χ2v) is 7.87. The summed E-state index contributed by atoms with van der Waals surface area (Å²) in [5.74, 6) is 0.546. The molecule has 0 unspecified atom stereocenters. The highest BCUT2D eigenvalue weighted by Crippen LogP contribution is 2.15. The van der Waals surface area contributed by atoms with E-state index in [0.717, 1.165) is 0 Å². The van der Waals surface area contributed by atoms with Crippen molar-refractivity contribution in [1.82, 2.24) is 10.2 Å². The van der Waals surface area contributed by atoms with Gasteiger partial charge in [-0.1, -0.05) is 11.6 Å². The molecule has 2 N–H and O–H groups in total. The zero-order valence-corrected chi connectivity index (χ0v) is 17.3. The number of anilines is 1. The SMILES string of the molecule is CN(CCOc1ccc(Cl)cc1)C(=O)Nc1ccc(C(=O)NC(C)(C)C)cc1. The van der Waals surface area contributed by atoms with Crippen LogP contribution in [-0.4, -0.2) is 42.6 Å². The van der Waals surface area contributed by atoms with Crippen molar-refractivity contribution >= 4 is 29.2 Å². The summed E-state index contributed by atoms with van der Waals surface area (Å²) in [6, 6.07) is 13.6. The molecule has 28 heavy (non-hydrogen) atoms. The number of carbonyl (C=O) groups excluding carboxylic acids is 2. The number of hydrogen-bond acceptors (Lipinski definition) is 3. The normalized spacial score (nSPS) is 10.9. The van der Waals surface area contributed by atoms with Gasteiger partial charge in [0, 0.05) is 28.9 Å². The highest BCUT2D eigenvalue weighted by atomic mass is 35.5. The van der Waals surface area contributed by atoms with Crippen LogP contribution >= 0.6 is 11.6 Å². The van der Waals surface area contributed by atoms with Gasteiger partial charge >= 0.3 is 6.03 Å². The monoisotopic (exact) mass is 403 g/mol. The van der Waals surface area contributed by atoms with Crippen molar-refractivity contribution in [3.63, 3.8) is 0 Å². The molecule has 0 aliphatic rings. The number of amides is 3. The molecule has 6 nitrogen and oxygen atoms in total. The number of halogens is 1. The molecule has 2 aromatic rings. The van der Waals surface area contributed by atoms with Crippen molar-refractivity contribution in [2.45, 2.75) is 26.3 Å². The minimum atomic E-state index is -0.305. The lowest BCUT2D eigenvalue weighted by Gasteiger charge is -2.21. The Morgan fingerprint density at radius 1 is 1.04 bits per heavy atom. The van der Waals surface area contributed by atoms with E-state index in [2.05, 4.69) is 10.6 Å². The van der Waals surface area contributed by atoms with Gasteiger partial charge in [-0.15, -0.1) is 0 Å². The maximum absolute atomic E-state index is 12.3. The predicted octanol–water partition coefficient (Wildman–Crippen LogP) is 4.41. The number of ether oxygens (including phenoxy) is 1. The van der Waals surface area contributed by atoms with Crippen LogP contribution in [0.15, 0.2) is 48.5 Å². The van der Waals surface area contributed by atoms with Crippen molar-refractivity contribution in [3.8, 4) is 5.75 Å². The Bertz CT molecular complexity index is 799. The van der Waals surface area contributed by atoms with Gasteiger partial charge in [0.05, 0.1) is 6.54 Å². The molecule has 0 aliphatic carbocycles. The molecule has 0 atom stereocenters. The van der Waals surface area contributed by atoms with Gasteiger partial charge in [0.2, 0.25) is 0 Å². The summed E-state index contributed by atoms with van der Waals surface area (Å²) in [6.07, 6.45) is 0. The lowest BCUT2D eigenvalue weighted by molar-refractivity contribution is 0.0919. The van der Waals surface area contributed by atoms with Crippen molar-refractivity contribution in [1.29, 1.82) is 0 Å². The molecule has 0 bridgehead atoms. The van der Waals surface area contributed by atoms with Crippen LogP contribution in [0.1, 0.15) is 31.1 Å². The van der Waals surface area contributed by atoms with Crippen LogP contribution in [0.25, 0.3) is 0 Å². The molecule has 0 aromatic heterocycles. The maximum Gasteiger partial charge on any atom is 0.321 e. The van der Waals surface area contributed by atoms with Crippen LogP contribution in [0.5, 0.6) is 5.75 Å². The Morgan fingerprint density at radius 2 is 1.64 bits per heavy atom. The quantitative estimate of drug-likeness (QED) is 0.750. The molecule has 0 spiro atoms. The fraction of sp³-hybridized carbons (Fsp3) is 0.333. The number of likely N-dealkylation sites (N-methyl/N-ethyl adjacent to an activating group) is 1. The third kappa shape index (κ3) is 7.12. The minimum absolute atomic E-state index is 0.151. The van der Waals surface area contributed by atoms with E-state index in [1.54, 1.807) is 55.6 Å². The van der Waals surface area contributed by atoms with E-state index >= 15 is 0 Å². The Labute approximate surface area is 170 Å². The fourth-order valence-electron chi connectivity index (χ4n) is 2.27. The summed E-state index contributed by atoms with van der Waals surface area (Å²) in [5, 5.41) is 6.34. The highest BCUT2D eigenvalue weighted by Gasteiger charge is 2.15. The van der Waals surface area contributed by atoms with Crippen molar-refractivity contribution < 1.29 is 14.3 Å². The van der Waals surface area contributed by atoms with E-state index in [1.165, 1.54) is 4.90 Å². The van der Waals surface area contributed by atoms with Gasteiger partial charge in [0.1, 0.15) is 12.4 Å². The number of hydrogen-bond donors (Lipinski definition) is 2. The number of nitrogens with one attached hydrogen (secondary N) is 2. The molecule has 0 fully saturated rings. The summed E-state index contributed by atoms with van der Waals surface area (Å²) in [6.45, 7) is 6.54. The van der Waals surface area contributed by atoms with Crippen LogP contribution in [0.2, 0.25) is 5.02 Å². The van der Waals surface area contributed by atoms with Crippen molar-refractivity contribution in [2.24, 2.45) is 0 Å². The van der Waals surface area contributed by atoms with Crippen LogP contribution < -0.4 is 15.4 Å². The molecule has 0 heterocycles. The zero-order chi connectivity index (χ0) is 20.7. The molecule has 150 valence electrons. The number of urea groups is 1. The maximum atomic E-state index is 12.3. The Kier molecular flexibility index (Phi) is 7.29. The van der Waals surface area contributed by atoms with Gasteiger partial charge < -0.3 is 20.3 Å². The third-order valence-corrected chi connectivity index (χ3v) is 3.99. The molecule has 0 saturated heterocycles. The predicted molar refractivity (Wildman–Crippen MR) is 112 cm³/mol. The summed E-state index contributed by atoms with van der Waals surface area (Å²) < 4.78 is 5.59. The average Bonchev–Trinajstić information content (AvgIpc) is 2.62. The van der Waals surface area contributed by atoms with E-state index < -0.39 is 0 Å². The molecule has 2 rings (SSSR count). The number of rotatable bonds is 6. The molecule has 0 radical (unpaired) electrons. The van der Waals surface area contributed by atoms with Crippen LogP contribution in [-0.2, 0) is 0 Å². The average molecular weight is 404 g/mol. The summed E-state index contributed by atoms with van der Waals surface area (Å²) >= 11 is 5.83. The second-order valence-electron chi connectivity index (χ2n) is 7.44. The van der Waals surface area contributed by atoms with Crippen molar-refractivity contribution in [2.75, 3.05) is 25.5 Å². The molecule has 7 heteroatoms. The minimum Gasteiger partial charge on any atom is -0.492 e. The third-order valence-electron chi connectivity index (χ3n) is 3.74. The molecular weight excluding hydrogens is 378 g/mol. The molecule has 3 amide bonds. The first-order valence-electron chi connectivity index (χ1n) is 8.97. The lowest BCUT2D eigenvalue weighted by atomic mass is 10.1.